The summed E-state index contributed by atoms with van der Waals surface area (Å²) >= 11 is 0. The van der Waals surface area contributed by atoms with Gasteiger partial charge < -0.3 is 9.84 Å². The van der Waals surface area contributed by atoms with Crippen LogP contribution in [0.2, 0.25) is 0 Å². The summed E-state index contributed by atoms with van der Waals surface area (Å²) < 4.78 is 5.19. The maximum atomic E-state index is 10.1. The Morgan fingerprint density at radius 3 is 2.73 bits per heavy atom. The SMILES string of the molecule is COc1ccc2c(c1)CC(C(C)C)C2O. The molecule has 2 heteroatoms. The van der Waals surface area contributed by atoms with E-state index in [2.05, 4.69) is 13.8 Å². The maximum absolute atomic E-state index is 10.1. The summed E-state index contributed by atoms with van der Waals surface area (Å²) in [5, 5.41) is 10.1. The van der Waals surface area contributed by atoms with Gasteiger partial charge in [0.05, 0.1) is 13.2 Å². The van der Waals surface area contributed by atoms with Crippen LogP contribution < -0.4 is 4.74 Å². The number of ether oxygens (including phenoxy) is 1. The predicted octanol–water partition coefficient (Wildman–Crippen LogP) is 2.56. The molecule has 2 unspecified atom stereocenters. The summed E-state index contributed by atoms with van der Waals surface area (Å²) in [5.74, 6) is 1.75. The zero-order chi connectivity index (χ0) is 11.0. The Kier molecular flexibility index (Phi) is 2.70. The van der Waals surface area contributed by atoms with Gasteiger partial charge in [-0.25, -0.2) is 0 Å². The molecule has 15 heavy (non-hydrogen) atoms. The minimum Gasteiger partial charge on any atom is -0.497 e. The van der Waals surface area contributed by atoms with Crippen molar-refractivity contribution in [3.8, 4) is 5.75 Å². The number of methoxy groups -OCH3 is 1. The van der Waals surface area contributed by atoms with E-state index < -0.39 is 0 Å². The molecule has 1 aliphatic rings. The molecule has 1 N–H and O–H groups in total. The Labute approximate surface area is 90.9 Å². The fraction of sp³-hybridized carbons (Fsp3) is 0.538. The molecular formula is C13H18O2. The third-order valence-electron chi connectivity index (χ3n) is 3.39. The van der Waals surface area contributed by atoms with Gasteiger partial charge in [-0.3, -0.25) is 0 Å². The van der Waals surface area contributed by atoms with Crippen LogP contribution in [0.5, 0.6) is 5.75 Å². The van der Waals surface area contributed by atoms with E-state index in [9.17, 15) is 5.11 Å². The molecule has 0 fully saturated rings. The molecule has 0 spiro atoms. The van der Waals surface area contributed by atoms with E-state index in [1.54, 1.807) is 7.11 Å². The van der Waals surface area contributed by atoms with Gasteiger partial charge in [-0.15, -0.1) is 0 Å². The van der Waals surface area contributed by atoms with Crippen LogP contribution in [0.1, 0.15) is 31.1 Å². The highest BCUT2D eigenvalue weighted by atomic mass is 16.5. The molecule has 1 aliphatic carbocycles. The first-order valence-electron chi connectivity index (χ1n) is 5.48. The van der Waals surface area contributed by atoms with E-state index in [0.29, 0.717) is 11.8 Å². The molecule has 1 aromatic carbocycles. The Bertz CT molecular complexity index is 358. The number of hydrogen-bond donors (Lipinski definition) is 1. The first-order chi connectivity index (χ1) is 7.13. The summed E-state index contributed by atoms with van der Waals surface area (Å²) in [4.78, 5) is 0. The third-order valence-corrected chi connectivity index (χ3v) is 3.39. The highest BCUT2D eigenvalue weighted by Crippen LogP contribution is 2.41. The molecule has 0 amide bonds. The Balaban J connectivity index is 2.32. The van der Waals surface area contributed by atoms with Crippen LogP contribution in [0, 0.1) is 11.8 Å². The van der Waals surface area contributed by atoms with Crippen molar-refractivity contribution in [2.75, 3.05) is 7.11 Å². The highest BCUT2D eigenvalue weighted by Gasteiger charge is 2.32. The van der Waals surface area contributed by atoms with Gasteiger partial charge in [0.25, 0.3) is 0 Å². The molecule has 2 rings (SSSR count). The van der Waals surface area contributed by atoms with Gasteiger partial charge in [0.2, 0.25) is 0 Å². The number of fused-ring (bicyclic) bond motifs is 1. The van der Waals surface area contributed by atoms with Crippen LogP contribution in [-0.2, 0) is 6.42 Å². The van der Waals surface area contributed by atoms with E-state index in [0.717, 1.165) is 17.7 Å². The summed E-state index contributed by atoms with van der Waals surface area (Å²) in [5.41, 5.74) is 2.31. The number of rotatable bonds is 2. The zero-order valence-corrected chi connectivity index (χ0v) is 9.53. The largest absolute Gasteiger partial charge is 0.497 e. The van der Waals surface area contributed by atoms with Gasteiger partial charge in [0, 0.05) is 0 Å². The van der Waals surface area contributed by atoms with Gasteiger partial charge in [-0.1, -0.05) is 19.9 Å². The van der Waals surface area contributed by atoms with E-state index in [4.69, 9.17) is 4.74 Å². The van der Waals surface area contributed by atoms with Crippen molar-refractivity contribution in [3.05, 3.63) is 29.3 Å². The minimum absolute atomic E-state index is 0.300. The normalized spacial score (nSPS) is 24.3. The first-order valence-corrected chi connectivity index (χ1v) is 5.48. The lowest BCUT2D eigenvalue weighted by Crippen LogP contribution is -2.13. The number of aliphatic hydroxyl groups is 1. The van der Waals surface area contributed by atoms with Crippen molar-refractivity contribution >= 4 is 0 Å². The number of aliphatic hydroxyl groups excluding tert-OH is 1. The fourth-order valence-electron chi connectivity index (χ4n) is 2.37. The van der Waals surface area contributed by atoms with E-state index >= 15 is 0 Å². The second kappa shape index (κ2) is 3.86. The third kappa shape index (κ3) is 1.74. The molecule has 0 aromatic heterocycles. The Morgan fingerprint density at radius 2 is 2.13 bits per heavy atom. The lowest BCUT2D eigenvalue weighted by molar-refractivity contribution is 0.0968. The first kappa shape index (κ1) is 10.5. The minimum atomic E-state index is -0.300. The van der Waals surface area contributed by atoms with Crippen LogP contribution in [0.25, 0.3) is 0 Å². The monoisotopic (exact) mass is 206 g/mol. The summed E-state index contributed by atoms with van der Waals surface area (Å²) in [6.45, 7) is 4.33. The molecule has 0 saturated carbocycles. The predicted molar refractivity (Wildman–Crippen MR) is 60.0 cm³/mol. The molecule has 82 valence electrons. The molecule has 0 saturated heterocycles. The average Bonchev–Trinajstić information content (AvgIpc) is 2.55. The van der Waals surface area contributed by atoms with Gasteiger partial charge in [-0.2, -0.15) is 0 Å². The molecule has 2 atom stereocenters. The van der Waals surface area contributed by atoms with Gasteiger partial charge in [0.1, 0.15) is 5.75 Å². The zero-order valence-electron chi connectivity index (χ0n) is 9.53. The number of hydrogen-bond acceptors (Lipinski definition) is 2. The quantitative estimate of drug-likeness (QED) is 0.805. The van der Waals surface area contributed by atoms with Crippen molar-refractivity contribution in [1.29, 1.82) is 0 Å². The number of benzene rings is 1. The van der Waals surface area contributed by atoms with Crippen LogP contribution in [0.15, 0.2) is 18.2 Å². The molecule has 1 aromatic rings. The van der Waals surface area contributed by atoms with Crippen molar-refractivity contribution in [3.63, 3.8) is 0 Å². The van der Waals surface area contributed by atoms with Crippen LogP contribution >= 0.6 is 0 Å². The molecule has 0 heterocycles. The van der Waals surface area contributed by atoms with E-state index in [1.165, 1.54) is 5.56 Å². The second-order valence-electron chi connectivity index (χ2n) is 4.62. The summed E-state index contributed by atoms with van der Waals surface area (Å²) in [6.07, 6.45) is 0.664. The average molecular weight is 206 g/mol. The Morgan fingerprint density at radius 1 is 1.40 bits per heavy atom. The lowest BCUT2D eigenvalue weighted by Gasteiger charge is -2.18. The smallest absolute Gasteiger partial charge is 0.119 e. The van der Waals surface area contributed by atoms with Crippen LogP contribution in [-0.4, -0.2) is 12.2 Å². The Hall–Kier alpha value is -1.02. The van der Waals surface area contributed by atoms with Crippen molar-refractivity contribution < 1.29 is 9.84 Å². The lowest BCUT2D eigenvalue weighted by atomic mass is 9.91. The van der Waals surface area contributed by atoms with Gasteiger partial charge in [0.15, 0.2) is 0 Å². The van der Waals surface area contributed by atoms with Crippen molar-refractivity contribution in [2.45, 2.75) is 26.4 Å². The topological polar surface area (TPSA) is 29.5 Å². The van der Waals surface area contributed by atoms with Gasteiger partial charge in [-0.05, 0) is 41.5 Å². The molecule has 0 aliphatic heterocycles. The van der Waals surface area contributed by atoms with Crippen LogP contribution in [0.4, 0.5) is 0 Å². The van der Waals surface area contributed by atoms with Crippen LogP contribution in [0.3, 0.4) is 0 Å². The maximum Gasteiger partial charge on any atom is 0.119 e. The molecule has 0 radical (unpaired) electrons. The van der Waals surface area contributed by atoms with E-state index in [-0.39, 0.29) is 6.10 Å². The summed E-state index contributed by atoms with van der Waals surface area (Å²) in [7, 11) is 1.67. The summed E-state index contributed by atoms with van der Waals surface area (Å²) in [6, 6.07) is 5.95. The standard InChI is InChI=1S/C13H18O2/c1-8(2)12-7-9-6-10(15-3)4-5-11(9)13(12)14/h4-6,8,12-14H,7H2,1-3H3. The molecule has 2 nitrogen and oxygen atoms in total. The molecular weight excluding hydrogens is 188 g/mol. The molecule has 0 bridgehead atoms. The second-order valence-corrected chi connectivity index (χ2v) is 4.62. The van der Waals surface area contributed by atoms with Crippen molar-refractivity contribution in [2.24, 2.45) is 11.8 Å². The fourth-order valence-corrected chi connectivity index (χ4v) is 2.37. The highest BCUT2D eigenvalue weighted by molar-refractivity contribution is 5.40. The van der Waals surface area contributed by atoms with Crippen molar-refractivity contribution in [1.82, 2.24) is 0 Å². The van der Waals surface area contributed by atoms with Gasteiger partial charge >= 0.3 is 0 Å². The van der Waals surface area contributed by atoms with E-state index in [1.807, 2.05) is 18.2 Å².